The smallest absolute Gasteiger partial charge is 0.175 e. The van der Waals surface area contributed by atoms with Crippen molar-refractivity contribution >= 4 is 5.71 Å². The Bertz CT molecular complexity index is 810. The summed E-state index contributed by atoms with van der Waals surface area (Å²) < 4.78 is 0. The van der Waals surface area contributed by atoms with E-state index in [9.17, 15) is 0 Å². The van der Waals surface area contributed by atoms with Crippen LogP contribution in [-0.2, 0) is 0 Å². The molecule has 31 heavy (non-hydrogen) atoms. The molecule has 0 radical (unpaired) electrons. The number of rotatable bonds is 8. The average Bonchev–Trinajstić information content (AvgIpc) is 2.67. The monoisotopic (exact) mass is 420 g/mol. The van der Waals surface area contributed by atoms with E-state index in [1.54, 1.807) is 0 Å². The topological polar surface area (TPSA) is 24.4 Å². The summed E-state index contributed by atoms with van der Waals surface area (Å²) in [6, 6.07) is 0. The summed E-state index contributed by atoms with van der Waals surface area (Å²) >= 11 is 0. The molecule has 0 atom stereocenters. The van der Waals surface area contributed by atoms with Gasteiger partial charge in [0.1, 0.15) is 0 Å². The summed E-state index contributed by atoms with van der Waals surface area (Å²) in [6.45, 7) is 22.5. The van der Waals surface area contributed by atoms with Crippen LogP contribution in [0.2, 0.25) is 0 Å². The van der Waals surface area contributed by atoms with Crippen molar-refractivity contribution in [2.45, 2.75) is 82.1 Å². The summed E-state index contributed by atoms with van der Waals surface area (Å²) in [6.07, 6.45) is 13.4. The highest BCUT2D eigenvalue weighted by atomic mass is 14.9. The second-order valence-corrected chi connectivity index (χ2v) is 10.2. The van der Waals surface area contributed by atoms with Gasteiger partial charge in [-0.05, 0) is 75.3 Å². The summed E-state index contributed by atoms with van der Waals surface area (Å²) in [5.41, 5.74) is 7.65. The summed E-state index contributed by atoms with van der Waals surface area (Å²) in [4.78, 5) is 5.14. The van der Waals surface area contributed by atoms with E-state index in [4.69, 9.17) is 4.99 Å². The van der Waals surface area contributed by atoms with E-state index < -0.39 is 0 Å². The van der Waals surface area contributed by atoms with Gasteiger partial charge in [0, 0.05) is 59.4 Å². The van der Waals surface area contributed by atoms with E-state index in [1.165, 1.54) is 34.4 Å². The average molecular weight is 421 g/mol. The summed E-state index contributed by atoms with van der Waals surface area (Å²) in [5.74, 6) is 4.74. The maximum absolute atomic E-state index is 5.14. The van der Waals surface area contributed by atoms with Gasteiger partial charge in [0.05, 0.1) is 35.8 Å². The second kappa shape index (κ2) is 11.0. The summed E-state index contributed by atoms with van der Waals surface area (Å²) in [5, 5.41) is 3.75. The Morgan fingerprint density at radius 2 is 1.35 bits per heavy atom. The fraction of sp³-hybridized carbons (Fsp3) is 0.552. The van der Waals surface area contributed by atoms with Crippen LogP contribution in [0.5, 0.6) is 0 Å². The van der Waals surface area contributed by atoms with Crippen molar-refractivity contribution in [1.82, 2.24) is 5.32 Å². The van der Waals surface area contributed by atoms with Crippen LogP contribution in [0.15, 0.2) is 63.6 Å². The lowest BCUT2D eigenvalue weighted by Crippen LogP contribution is -2.25. The highest BCUT2D eigenvalue weighted by Crippen LogP contribution is 2.37. The zero-order valence-electron chi connectivity index (χ0n) is 21.6. The Hall–Kier alpha value is -2.09. The molecule has 0 bridgehead atoms. The van der Waals surface area contributed by atoms with Crippen LogP contribution in [0, 0.1) is 35.5 Å². The van der Waals surface area contributed by atoms with Gasteiger partial charge < -0.3 is 5.32 Å². The third-order valence-corrected chi connectivity index (χ3v) is 6.13. The lowest BCUT2D eigenvalue weighted by Gasteiger charge is -2.23. The Balaban J connectivity index is 2.36. The predicted octanol–water partition coefficient (Wildman–Crippen LogP) is 8.14. The normalized spacial score (nSPS) is 18.6. The highest BCUT2D eigenvalue weighted by Gasteiger charge is 2.32. The Kier molecular flexibility index (Phi) is 8.91. The summed E-state index contributed by atoms with van der Waals surface area (Å²) in [7, 11) is 0. The molecule has 2 aliphatic rings. The van der Waals surface area contributed by atoms with Crippen LogP contribution in [0.3, 0.4) is 0 Å². The zero-order valence-corrected chi connectivity index (χ0v) is 21.6. The quantitative estimate of drug-likeness (QED) is 0.311. The van der Waals surface area contributed by atoms with Gasteiger partial charge in [0.25, 0.3) is 0 Å². The predicted molar refractivity (Wildman–Crippen MR) is 137 cm³/mol. The molecule has 168 valence electrons. The standard InChI is InChI=1S/C29H44N2/c1-18(2)24-13-11-14-25(19(3)4)28(24)30-22(9)17-23(10)31-29-26(20(5)6)15-12-16-27(29)21(7)8/h11-13,15,17-21,30H,14,16H2,1-10H3/q+2/b22-17-,31-23?. The third kappa shape index (κ3) is 6.45. The molecule has 0 aromatic carbocycles. The van der Waals surface area contributed by atoms with Gasteiger partial charge in [0.2, 0.25) is 0 Å². The van der Waals surface area contributed by atoms with Gasteiger partial charge in [0.15, 0.2) is 11.4 Å². The van der Waals surface area contributed by atoms with Crippen molar-refractivity contribution in [3.05, 3.63) is 70.5 Å². The molecule has 0 aromatic heterocycles. The zero-order chi connectivity index (χ0) is 23.3. The number of aliphatic imine (C=N–C) groups is 1. The Morgan fingerprint density at radius 3 is 1.87 bits per heavy atom. The van der Waals surface area contributed by atoms with Gasteiger partial charge in [-0.15, -0.1) is 0 Å². The Morgan fingerprint density at radius 1 is 0.839 bits per heavy atom. The largest absolute Gasteiger partial charge is 0.337 e. The molecule has 0 fully saturated rings. The number of nitrogens with zero attached hydrogens (tertiary/aromatic N) is 1. The minimum atomic E-state index is 0.469. The maximum Gasteiger partial charge on any atom is 0.175 e. The van der Waals surface area contributed by atoms with Gasteiger partial charge in [-0.1, -0.05) is 0 Å². The number of nitrogens with one attached hydrogen (secondary N) is 1. The van der Waals surface area contributed by atoms with E-state index in [-0.39, 0.29) is 0 Å². The van der Waals surface area contributed by atoms with Gasteiger partial charge >= 0.3 is 0 Å². The van der Waals surface area contributed by atoms with Gasteiger partial charge in [-0.3, -0.25) is 0 Å². The molecule has 0 heterocycles. The van der Waals surface area contributed by atoms with Crippen LogP contribution in [0.4, 0.5) is 0 Å². The lowest BCUT2D eigenvalue weighted by atomic mass is 9.81. The van der Waals surface area contributed by atoms with E-state index in [0.717, 1.165) is 24.3 Å². The van der Waals surface area contributed by atoms with E-state index >= 15 is 0 Å². The molecule has 2 nitrogen and oxygen atoms in total. The number of hydrogen-bond donors (Lipinski definition) is 1. The van der Waals surface area contributed by atoms with Crippen LogP contribution in [0.1, 0.15) is 82.1 Å². The van der Waals surface area contributed by atoms with E-state index in [0.29, 0.717) is 23.7 Å². The minimum absolute atomic E-state index is 0.469. The lowest BCUT2D eigenvalue weighted by molar-refractivity contribution is 0.640. The highest BCUT2D eigenvalue weighted by molar-refractivity contribution is 5.94. The van der Waals surface area contributed by atoms with Crippen molar-refractivity contribution in [3.63, 3.8) is 0 Å². The van der Waals surface area contributed by atoms with Crippen LogP contribution < -0.4 is 5.32 Å². The maximum atomic E-state index is 5.14. The van der Waals surface area contributed by atoms with E-state index in [2.05, 4.69) is 105 Å². The molecule has 2 aliphatic carbocycles. The van der Waals surface area contributed by atoms with Crippen LogP contribution >= 0.6 is 0 Å². The van der Waals surface area contributed by atoms with Crippen molar-refractivity contribution in [1.29, 1.82) is 0 Å². The first-order chi connectivity index (χ1) is 14.5. The molecule has 2 rings (SSSR count). The first-order valence-electron chi connectivity index (χ1n) is 12.1. The molecular weight excluding hydrogens is 376 g/mol. The number of allylic oxidation sites excluding steroid dienone is 8. The van der Waals surface area contributed by atoms with E-state index in [1.807, 2.05) is 0 Å². The number of hydrogen-bond acceptors (Lipinski definition) is 2. The molecule has 0 saturated heterocycles. The fourth-order valence-corrected chi connectivity index (χ4v) is 4.38. The molecule has 2 heteroatoms. The SMILES string of the molecule is CC(/C=C(/C)NC1=C(C(C)C)CC=C[C+]1C(C)C)=NC1=C(C(C)C)CC=C[C+]1C(C)C. The molecule has 0 aromatic rings. The van der Waals surface area contributed by atoms with Gasteiger partial charge in [-0.25, -0.2) is 4.99 Å². The second-order valence-electron chi connectivity index (χ2n) is 10.2. The molecule has 0 saturated carbocycles. The first kappa shape index (κ1) is 25.2. The first-order valence-corrected chi connectivity index (χ1v) is 12.1. The van der Waals surface area contributed by atoms with Crippen molar-refractivity contribution < 1.29 is 0 Å². The molecule has 0 unspecified atom stereocenters. The molecule has 0 spiro atoms. The Labute approximate surface area is 192 Å². The van der Waals surface area contributed by atoms with Crippen LogP contribution in [-0.4, -0.2) is 5.71 Å². The van der Waals surface area contributed by atoms with Crippen molar-refractivity contribution in [3.8, 4) is 0 Å². The minimum Gasteiger partial charge on any atom is -0.337 e. The molecule has 1 N–H and O–H groups in total. The molecular formula is C29H44N2+2. The molecule has 0 amide bonds. The van der Waals surface area contributed by atoms with Crippen LogP contribution in [0.25, 0.3) is 0 Å². The molecule has 0 aliphatic heterocycles. The van der Waals surface area contributed by atoms with Crippen molar-refractivity contribution in [2.24, 2.45) is 28.7 Å². The fourth-order valence-electron chi connectivity index (χ4n) is 4.38. The van der Waals surface area contributed by atoms with Gasteiger partial charge in [-0.2, -0.15) is 0 Å². The third-order valence-electron chi connectivity index (χ3n) is 6.13. The van der Waals surface area contributed by atoms with Crippen molar-refractivity contribution in [2.75, 3.05) is 0 Å².